The lowest BCUT2D eigenvalue weighted by atomic mass is 10.0. The first kappa shape index (κ1) is 21.6. The van der Waals surface area contributed by atoms with E-state index in [0.717, 1.165) is 52.5 Å². The Morgan fingerprint density at radius 3 is 2.31 bits per heavy atom. The second-order valence-electron chi connectivity index (χ2n) is 7.88. The van der Waals surface area contributed by atoms with Crippen LogP contribution in [0.2, 0.25) is 0 Å². The third-order valence-electron chi connectivity index (χ3n) is 5.39. The molecular formula is C28H24F2N2. The maximum Gasteiger partial charge on any atom is 0.139 e. The van der Waals surface area contributed by atoms with Crippen LogP contribution < -0.4 is 0 Å². The molecule has 4 aromatic rings. The second kappa shape index (κ2) is 10.2. The smallest absolute Gasteiger partial charge is 0.139 e. The molecule has 2 nitrogen and oxygen atoms in total. The highest BCUT2D eigenvalue weighted by Gasteiger charge is 2.04. The Hall–Kier alpha value is -3.58. The van der Waals surface area contributed by atoms with Crippen LogP contribution in [-0.4, -0.2) is 9.97 Å². The van der Waals surface area contributed by atoms with E-state index in [2.05, 4.69) is 28.7 Å². The van der Waals surface area contributed by atoms with Gasteiger partial charge in [0, 0.05) is 24.4 Å². The number of hydrogen-bond donors (Lipinski definition) is 0. The maximum absolute atomic E-state index is 14.6. The van der Waals surface area contributed by atoms with Gasteiger partial charge in [-0.05, 0) is 77.6 Å². The van der Waals surface area contributed by atoms with E-state index in [4.69, 9.17) is 0 Å². The molecule has 0 aliphatic heterocycles. The molecule has 1 heterocycles. The highest BCUT2D eigenvalue weighted by atomic mass is 19.1. The average molecular weight is 427 g/mol. The fourth-order valence-electron chi connectivity index (χ4n) is 3.53. The molecule has 0 atom stereocenters. The lowest BCUT2D eigenvalue weighted by Gasteiger charge is -2.04. The van der Waals surface area contributed by atoms with E-state index < -0.39 is 0 Å². The Morgan fingerprint density at radius 1 is 0.750 bits per heavy atom. The number of unbranched alkanes of at least 4 members (excludes halogenated alkanes) is 1. The molecule has 1 aromatic heterocycles. The fraction of sp³-hybridized carbons (Fsp3) is 0.214. The van der Waals surface area contributed by atoms with Gasteiger partial charge in [0.25, 0.3) is 0 Å². The van der Waals surface area contributed by atoms with Crippen molar-refractivity contribution in [3.05, 3.63) is 107 Å². The van der Waals surface area contributed by atoms with E-state index in [0.29, 0.717) is 18.4 Å². The van der Waals surface area contributed by atoms with Crippen LogP contribution in [0.3, 0.4) is 0 Å². The number of aryl methyl sites for hydroxylation is 3. The Labute approximate surface area is 187 Å². The summed E-state index contributed by atoms with van der Waals surface area (Å²) < 4.78 is 27.9. The molecule has 4 rings (SSSR count). The molecule has 0 amide bonds. The predicted molar refractivity (Wildman–Crippen MR) is 124 cm³/mol. The third kappa shape index (κ3) is 5.56. The summed E-state index contributed by atoms with van der Waals surface area (Å²) in [6, 6.07) is 15.3. The van der Waals surface area contributed by atoms with Crippen molar-refractivity contribution < 1.29 is 8.78 Å². The van der Waals surface area contributed by atoms with Crippen LogP contribution >= 0.6 is 0 Å². The molecule has 3 aromatic carbocycles. The Bertz CT molecular complexity index is 1280. The summed E-state index contributed by atoms with van der Waals surface area (Å²) in [7, 11) is 0. The highest BCUT2D eigenvalue weighted by molar-refractivity contribution is 5.84. The standard InChI is InChI=1S/C28H24F2N2/c1-2-3-4-22-18-31-28(32-19-22)14-8-21-6-10-23(27(30)16-21)9-5-20-7-11-25-17-26(29)13-12-24(25)15-20/h6-7,10-13,15-19H,2-4,8,14H2,1H3. The van der Waals surface area contributed by atoms with Gasteiger partial charge in [0.15, 0.2) is 0 Å². The van der Waals surface area contributed by atoms with Crippen LogP contribution in [0.25, 0.3) is 10.8 Å². The number of aromatic nitrogens is 2. The van der Waals surface area contributed by atoms with E-state index in [1.54, 1.807) is 12.1 Å². The van der Waals surface area contributed by atoms with Crippen molar-refractivity contribution in [2.75, 3.05) is 0 Å². The van der Waals surface area contributed by atoms with Gasteiger partial charge >= 0.3 is 0 Å². The SMILES string of the molecule is CCCCc1cnc(CCc2ccc(C#Cc3ccc4cc(F)ccc4c3)c(F)c2)nc1. The quantitative estimate of drug-likeness (QED) is 0.332. The van der Waals surface area contributed by atoms with Crippen LogP contribution in [0.15, 0.2) is 67.0 Å². The van der Waals surface area contributed by atoms with Crippen LogP contribution in [0.1, 0.15) is 47.8 Å². The molecule has 0 fully saturated rings. The summed E-state index contributed by atoms with van der Waals surface area (Å²) in [5, 5.41) is 1.71. The minimum absolute atomic E-state index is 0.269. The topological polar surface area (TPSA) is 25.8 Å². The molecule has 0 aliphatic carbocycles. The summed E-state index contributed by atoms with van der Waals surface area (Å²) in [5.41, 5.74) is 3.15. The summed E-state index contributed by atoms with van der Waals surface area (Å²) in [6.45, 7) is 2.16. The normalized spacial score (nSPS) is 10.7. The predicted octanol–water partition coefficient (Wildman–Crippen LogP) is 6.44. The van der Waals surface area contributed by atoms with Gasteiger partial charge in [0.05, 0.1) is 5.56 Å². The van der Waals surface area contributed by atoms with Crippen LogP contribution in [0.4, 0.5) is 8.78 Å². The Balaban J connectivity index is 1.41. The zero-order valence-electron chi connectivity index (χ0n) is 18.0. The first-order valence-electron chi connectivity index (χ1n) is 10.9. The lowest BCUT2D eigenvalue weighted by molar-refractivity contribution is 0.621. The zero-order valence-corrected chi connectivity index (χ0v) is 18.0. The van der Waals surface area contributed by atoms with Crippen molar-refractivity contribution in [3.8, 4) is 11.8 Å². The molecular weight excluding hydrogens is 402 g/mol. The molecule has 32 heavy (non-hydrogen) atoms. The van der Waals surface area contributed by atoms with Crippen molar-refractivity contribution in [1.29, 1.82) is 0 Å². The molecule has 0 spiro atoms. The number of hydrogen-bond acceptors (Lipinski definition) is 2. The average Bonchev–Trinajstić information content (AvgIpc) is 2.81. The minimum Gasteiger partial charge on any atom is -0.241 e. The molecule has 0 saturated carbocycles. The number of nitrogens with zero attached hydrogens (tertiary/aromatic N) is 2. The van der Waals surface area contributed by atoms with Gasteiger partial charge in [-0.2, -0.15) is 0 Å². The van der Waals surface area contributed by atoms with Crippen molar-refractivity contribution in [1.82, 2.24) is 9.97 Å². The summed E-state index contributed by atoms with van der Waals surface area (Å²) in [4.78, 5) is 8.86. The molecule has 4 heteroatoms. The monoisotopic (exact) mass is 426 g/mol. The van der Waals surface area contributed by atoms with Crippen molar-refractivity contribution in [2.45, 2.75) is 39.0 Å². The minimum atomic E-state index is -0.339. The maximum atomic E-state index is 14.6. The molecule has 0 unspecified atom stereocenters. The third-order valence-corrected chi connectivity index (χ3v) is 5.39. The Morgan fingerprint density at radius 2 is 1.53 bits per heavy atom. The number of halogens is 2. The molecule has 0 saturated heterocycles. The second-order valence-corrected chi connectivity index (χ2v) is 7.88. The van der Waals surface area contributed by atoms with Crippen molar-refractivity contribution >= 4 is 10.8 Å². The molecule has 0 bridgehead atoms. The lowest BCUT2D eigenvalue weighted by Crippen LogP contribution is -2.00. The molecule has 0 N–H and O–H groups in total. The first-order chi connectivity index (χ1) is 15.6. The van der Waals surface area contributed by atoms with Crippen LogP contribution in [0, 0.1) is 23.5 Å². The fourth-order valence-corrected chi connectivity index (χ4v) is 3.53. The zero-order chi connectivity index (χ0) is 22.3. The van der Waals surface area contributed by atoms with Gasteiger partial charge in [-0.15, -0.1) is 0 Å². The Kier molecular flexibility index (Phi) is 6.87. The van der Waals surface area contributed by atoms with Gasteiger partial charge < -0.3 is 0 Å². The van der Waals surface area contributed by atoms with E-state index in [9.17, 15) is 8.78 Å². The molecule has 0 aliphatic rings. The summed E-state index contributed by atoms with van der Waals surface area (Å²) >= 11 is 0. The van der Waals surface area contributed by atoms with Crippen LogP contribution in [0.5, 0.6) is 0 Å². The van der Waals surface area contributed by atoms with Gasteiger partial charge in [0.2, 0.25) is 0 Å². The number of benzene rings is 3. The summed E-state index contributed by atoms with van der Waals surface area (Å²) in [5.74, 6) is 6.07. The van der Waals surface area contributed by atoms with Gasteiger partial charge in [-0.25, -0.2) is 18.7 Å². The number of rotatable bonds is 6. The largest absolute Gasteiger partial charge is 0.241 e. The summed E-state index contributed by atoms with van der Waals surface area (Å²) in [6.07, 6.45) is 8.40. The van der Waals surface area contributed by atoms with E-state index in [1.807, 2.05) is 36.7 Å². The van der Waals surface area contributed by atoms with Crippen molar-refractivity contribution in [2.24, 2.45) is 0 Å². The van der Waals surface area contributed by atoms with E-state index in [-0.39, 0.29) is 11.6 Å². The van der Waals surface area contributed by atoms with E-state index >= 15 is 0 Å². The number of fused-ring (bicyclic) bond motifs is 1. The first-order valence-corrected chi connectivity index (χ1v) is 10.9. The highest BCUT2D eigenvalue weighted by Crippen LogP contribution is 2.17. The van der Waals surface area contributed by atoms with Crippen molar-refractivity contribution in [3.63, 3.8) is 0 Å². The van der Waals surface area contributed by atoms with Gasteiger partial charge in [-0.3, -0.25) is 0 Å². The molecule has 160 valence electrons. The van der Waals surface area contributed by atoms with Gasteiger partial charge in [0.1, 0.15) is 17.5 Å². The van der Waals surface area contributed by atoms with E-state index in [1.165, 1.54) is 18.2 Å². The van der Waals surface area contributed by atoms with Crippen LogP contribution in [-0.2, 0) is 19.3 Å². The molecule has 0 radical (unpaired) electrons. The van der Waals surface area contributed by atoms with Gasteiger partial charge in [-0.1, -0.05) is 43.4 Å².